The van der Waals surface area contributed by atoms with Crippen LogP contribution < -0.4 is 0 Å². The van der Waals surface area contributed by atoms with Crippen molar-refractivity contribution in [2.24, 2.45) is 0 Å². The molecule has 1 aliphatic rings. The Labute approximate surface area is 142 Å². The third-order valence-electron chi connectivity index (χ3n) is 4.41. The number of rotatable bonds is 6. The van der Waals surface area contributed by atoms with Crippen LogP contribution in [0.1, 0.15) is 22.6 Å². The quantitative estimate of drug-likeness (QED) is 0.833. The van der Waals surface area contributed by atoms with E-state index in [4.69, 9.17) is 0 Å². The van der Waals surface area contributed by atoms with Gasteiger partial charge in [-0.25, -0.2) is 4.98 Å². The summed E-state index contributed by atoms with van der Waals surface area (Å²) in [6, 6.07) is 8.40. The van der Waals surface area contributed by atoms with Crippen LogP contribution in [0.4, 0.5) is 0 Å². The normalized spacial score (nSPS) is 14.4. The first kappa shape index (κ1) is 16.7. The Morgan fingerprint density at radius 1 is 1.38 bits per heavy atom. The second-order valence-corrected chi connectivity index (χ2v) is 6.26. The summed E-state index contributed by atoms with van der Waals surface area (Å²) in [6.07, 6.45) is 2.72. The summed E-state index contributed by atoms with van der Waals surface area (Å²) in [7, 11) is 0. The molecule has 2 N–H and O–H groups in total. The number of nitrogens with one attached hydrogen (secondary N) is 1. The van der Waals surface area contributed by atoms with E-state index in [2.05, 4.69) is 33.1 Å². The molecule has 2 heterocycles. The molecule has 24 heavy (non-hydrogen) atoms. The smallest absolute Gasteiger partial charge is 0.237 e. The molecule has 0 unspecified atom stereocenters. The molecule has 0 saturated carbocycles. The number of aliphatic hydroxyl groups excluding tert-OH is 1. The maximum Gasteiger partial charge on any atom is 0.237 e. The molecule has 0 spiro atoms. The van der Waals surface area contributed by atoms with Crippen LogP contribution in [0.15, 0.2) is 30.5 Å². The van der Waals surface area contributed by atoms with Crippen molar-refractivity contribution in [2.75, 3.05) is 26.2 Å². The zero-order chi connectivity index (χ0) is 16.9. The molecule has 1 amide bonds. The van der Waals surface area contributed by atoms with Crippen LogP contribution in [-0.2, 0) is 24.3 Å². The number of amides is 1. The third kappa shape index (κ3) is 4.01. The van der Waals surface area contributed by atoms with E-state index in [0.717, 1.165) is 31.0 Å². The van der Waals surface area contributed by atoms with E-state index in [1.54, 1.807) is 11.1 Å². The van der Waals surface area contributed by atoms with Crippen molar-refractivity contribution in [3.63, 3.8) is 0 Å². The fourth-order valence-electron chi connectivity index (χ4n) is 3.15. The zero-order valence-electron chi connectivity index (χ0n) is 14.0. The molecular formula is C18H24N4O2. The van der Waals surface area contributed by atoms with Crippen LogP contribution in [-0.4, -0.2) is 57.0 Å². The standard InChI is InChI=1S/C18H24N4O2/c1-14-19-10-17(20-14)12-22(8-9-23)18(24)13-21-7-6-15-4-2-3-5-16(15)11-21/h2-5,10,23H,6-9,11-13H2,1H3,(H,19,20). The van der Waals surface area contributed by atoms with Crippen molar-refractivity contribution in [1.82, 2.24) is 19.8 Å². The largest absolute Gasteiger partial charge is 0.395 e. The summed E-state index contributed by atoms with van der Waals surface area (Å²) in [5.74, 6) is 0.865. The van der Waals surface area contributed by atoms with Crippen molar-refractivity contribution in [3.8, 4) is 0 Å². The summed E-state index contributed by atoms with van der Waals surface area (Å²) in [5.41, 5.74) is 3.56. The number of aromatic amines is 1. The monoisotopic (exact) mass is 328 g/mol. The van der Waals surface area contributed by atoms with Crippen LogP contribution in [0.3, 0.4) is 0 Å². The number of benzene rings is 1. The highest BCUT2D eigenvalue weighted by atomic mass is 16.3. The van der Waals surface area contributed by atoms with Gasteiger partial charge in [0.15, 0.2) is 0 Å². The van der Waals surface area contributed by atoms with E-state index >= 15 is 0 Å². The number of aromatic nitrogens is 2. The fraction of sp³-hybridized carbons (Fsp3) is 0.444. The van der Waals surface area contributed by atoms with E-state index in [1.807, 2.05) is 13.0 Å². The summed E-state index contributed by atoms with van der Waals surface area (Å²) < 4.78 is 0. The lowest BCUT2D eigenvalue weighted by atomic mass is 10.00. The molecule has 1 aromatic heterocycles. The number of imidazole rings is 1. The van der Waals surface area contributed by atoms with Crippen molar-refractivity contribution < 1.29 is 9.90 Å². The highest BCUT2D eigenvalue weighted by Crippen LogP contribution is 2.18. The van der Waals surface area contributed by atoms with E-state index in [9.17, 15) is 9.90 Å². The van der Waals surface area contributed by atoms with Gasteiger partial charge in [-0.3, -0.25) is 9.69 Å². The highest BCUT2D eigenvalue weighted by molar-refractivity contribution is 5.78. The Morgan fingerprint density at radius 2 is 2.17 bits per heavy atom. The van der Waals surface area contributed by atoms with Crippen LogP contribution in [0.25, 0.3) is 0 Å². The van der Waals surface area contributed by atoms with Gasteiger partial charge in [-0.15, -0.1) is 0 Å². The van der Waals surface area contributed by atoms with Gasteiger partial charge >= 0.3 is 0 Å². The number of H-pyrrole nitrogens is 1. The van der Waals surface area contributed by atoms with E-state index in [0.29, 0.717) is 19.6 Å². The molecule has 0 radical (unpaired) electrons. The van der Waals surface area contributed by atoms with Gasteiger partial charge in [0.1, 0.15) is 5.82 Å². The van der Waals surface area contributed by atoms with Gasteiger partial charge in [-0.05, 0) is 24.5 Å². The van der Waals surface area contributed by atoms with Crippen LogP contribution in [0.5, 0.6) is 0 Å². The Balaban J connectivity index is 1.61. The van der Waals surface area contributed by atoms with E-state index < -0.39 is 0 Å². The Hall–Kier alpha value is -2.18. The van der Waals surface area contributed by atoms with Gasteiger partial charge in [0, 0.05) is 19.6 Å². The van der Waals surface area contributed by atoms with Crippen molar-refractivity contribution in [2.45, 2.75) is 26.4 Å². The summed E-state index contributed by atoms with van der Waals surface area (Å²) in [4.78, 5) is 23.8. The average molecular weight is 328 g/mol. The minimum Gasteiger partial charge on any atom is -0.395 e. The SMILES string of the molecule is Cc1ncc(CN(CCO)C(=O)CN2CCc3ccccc3C2)[nH]1. The van der Waals surface area contributed by atoms with Crippen LogP contribution in [0.2, 0.25) is 0 Å². The zero-order valence-corrected chi connectivity index (χ0v) is 14.0. The van der Waals surface area contributed by atoms with Gasteiger partial charge in [0.2, 0.25) is 5.91 Å². The molecule has 1 aromatic carbocycles. The maximum absolute atomic E-state index is 12.7. The molecule has 0 aliphatic carbocycles. The molecule has 128 valence electrons. The molecular weight excluding hydrogens is 304 g/mol. The Morgan fingerprint density at radius 3 is 2.88 bits per heavy atom. The van der Waals surface area contributed by atoms with Gasteiger partial charge in [0.05, 0.1) is 31.6 Å². The number of hydrogen-bond donors (Lipinski definition) is 2. The highest BCUT2D eigenvalue weighted by Gasteiger charge is 2.21. The van der Waals surface area contributed by atoms with Crippen molar-refractivity contribution in [1.29, 1.82) is 0 Å². The lowest BCUT2D eigenvalue weighted by Crippen LogP contribution is -2.43. The van der Waals surface area contributed by atoms with Gasteiger partial charge < -0.3 is 15.0 Å². The fourth-order valence-corrected chi connectivity index (χ4v) is 3.15. The lowest BCUT2D eigenvalue weighted by Gasteiger charge is -2.30. The number of aryl methyl sites for hydroxylation is 1. The number of carbonyl (C=O) groups is 1. The maximum atomic E-state index is 12.7. The lowest BCUT2D eigenvalue weighted by molar-refractivity contribution is -0.133. The molecule has 3 rings (SSSR count). The molecule has 0 atom stereocenters. The molecule has 6 nitrogen and oxygen atoms in total. The van der Waals surface area contributed by atoms with Crippen molar-refractivity contribution >= 4 is 5.91 Å². The minimum absolute atomic E-state index is 0.0377. The first-order valence-corrected chi connectivity index (χ1v) is 8.34. The van der Waals surface area contributed by atoms with E-state index in [-0.39, 0.29) is 12.5 Å². The van der Waals surface area contributed by atoms with Gasteiger partial charge in [-0.1, -0.05) is 24.3 Å². The van der Waals surface area contributed by atoms with Crippen LogP contribution >= 0.6 is 0 Å². The molecule has 2 aromatic rings. The number of nitrogens with zero attached hydrogens (tertiary/aromatic N) is 3. The predicted octanol–water partition coefficient (Wildman–Crippen LogP) is 1.10. The minimum atomic E-state index is -0.0400. The first-order chi connectivity index (χ1) is 11.7. The second kappa shape index (κ2) is 7.59. The number of carbonyl (C=O) groups excluding carboxylic acids is 1. The molecule has 1 aliphatic heterocycles. The van der Waals surface area contributed by atoms with Gasteiger partial charge in [0.25, 0.3) is 0 Å². The molecule has 0 saturated heterocycles. The molecule has 6 heteroatoms. The predicted molar refractivity (Wildman–Crippen MR) is 91.3 cm³/mol. The van der Waals surface area contributed by atoms with E-state index in [1.165, 1.54) is 11.1 Å². The topological polar surface area (TPSA) is 72.5 Å². The van der Waals surface area contributed by atoms with Gasteiger partial charge in [-0.2, -0.15) is 0 Å². The van der Waals surface area contributed by atoms with Crippen LogP contribution in [0, 0.1) is 6.92 Å². The Kier molecular flexibility index (Phi) is 5.27. The van der Waals surface area contributed by atoms with Crippen molar-refractivity contribution in [3.05, 3.63) is 53.1 Å². The summed E-state index contributed by atoms with van der Waals surface area (Å²) in [6.45, 7) is 4.69. The number of hydrogen-bond acceptors (Lipinski definition) is 4. The second-order valence-electron chi connectivity index (χ2n) is 6.26. The summed E-state index contributed by atoms with van der Waals surface area (Å²) >= 11 is 0. The Bertz CT molecular complexity index is 698. The molecule has 0 bridgehead atoms. The first-order valence-electron chi connectivity index (χ1n) is 8.34. The number of fused-ring (bicyclic) bond motifs is 1. The third-order valence-corrected chi connectivity index (χ3v) is 4.41. The molecule has 0 fully saturated rings. The summed E-state index contributed by atoms with van der Waals surface area (Å²) in [5, 5.41) is 9.27. The average Bonchev–Trinajstić information content (AvgIpc) is 2.99. The number of aliphatic hydroxyl groups is 1.